The lowest BCUT2D eigenvalue weighted by Gasteiger charge is -1.88. The largest absolute Gasteiger partial charge is 0.390 e. The third-order valence-corrected chi connectivity index (χ3v) is 2.07. The van der Waals surface area contributed by atoms with Crippen LogP contribution in [0.15, 0.2) is 16.4 Å². The molecule has 0 aliphatic heterocycles. The topological polar surface area (TPSA) is 38.4 Å². The molecule has 0 spiro atoms. The summed E-state index contributed by atoms with van der Waals surface area (Å²) in [5.74, 6) is 0. The summed E-state index contributed by atoms with van der Waals surface area (Å²) in [6, 6.07) is 1.99. The van der Waals surface area contributed by atoms with Crippen molar-refractivity contribution < 1.29 is 0 Å². The molecule has 0 unspecified atom stereocenters. The van der Waals surface area contributed by atoms with Crippen LogP contribution < -0.4 is 5.73 Å². The average Bonchev–Trinajstić information content (AvgIpc) is 2.37. The summed E-state index contributed by atoms with van der Waals surface area (Å²) >= 11 is 1.55. The van der Waals surface area contributed by atoms with Crippen LogP contribution in [0.25, 0.3) is 0 Å². The molecule has 2 nitrogen and oxygen atoms in total. The van der Waals surface area contributed by atoms with Crippen LogP contribution in [0.4, 0.5) is 5.00 Å². The average molecular weight is 168 g/mol. The minimum Gasteiger partial charge on any atom is -0.390 e. The molecule has 0 aromatic carbocycles. The molecule has 0 aliphatic carbocycles. The van der Waals surface area contributed by atoms with E-state index in [-0.39, 0.29) is 0 Å². The van der Waals surface area contributed by atoms with Crippen LogP contribution in [-0.2, 0) is 0 Å². The number of hydrogen-bond donors (Lipinski definition) is 1. The number of aliphatic imine (C=N–C) groups is 1. The number of rotatable bonds is 3. The van der Waals surface area contributed by atoms with E-state index in [1.807, 2.05) is 17.7 Å². The van der Waals surface area contributed by atoms with Crippen molar-refractivity contribution >= 4 is 22.6 Å². The zero-order valence-corrected chi connectivity index (χ0v) is 7.40. The van der Waals surface area contributed by atoms with E-state index in [0.29, 0.717) is 0 Å². The van der Waals surface area contributed by atoms with Crippen LogP contribution in [0.1, 0.15) is 18.9 Å². The lowest BCUT2D eigenvalue weighted by atomic mass is 10.3. The first-order chi connectivity index (χ1) is 5.34. The fourth-order valence-corrected chi connectivity index (χ4v) is 1.35. The SMILES string of the molecule is CCC/N=C\c1ccsc1N. The highest BCUT2D eigenvalue weighted by Crippen LogP contribution is 2.16. The van der Waals surface area contributed by atoms with Crippen LogP contribution in [0.3, 0.4) is 0 Å². The summed E-state index contributed by atoms with van der Waals surface area (Å²) in [5.41, 5.74) is 6.69. The Kier molecular flexibility index (Phi) is 3.11. The minimum absolute atomic E-state index is 0.852. The van der Waals surface area contributed by atoms with Gasteiger partial charge in [-0.2, -0.15) is 0 Å². The maximum atomic E-state index is 5.65. The van der Waals surface area contributed by atoms with Crippen molar-refractivity contribution in [1.82, 2.24) is 0 Å². The maximum Gasteiger partial charge on any atom is 0.0945 e. The van der Waals surface area contributed by atoms with Crippen molar-refractivity contribution in [3.05, 3.63) is 17.0 Å². The van der Waals surface area contributed by atoms with Crippen LogP contribution in [0, 0.1) is 0 Å². The molecule has 3 heteroatoms. The van der Waals surface area contributed by atoms with Crippen LogP contribution in [0.2, 0.25) is 0 Å². The van der Waals surface area contributed by atoms with Gasteiger partial charge < -0.3 is 5.73 Å². The fourth-order valence-electron chi connectivity index (χ4n) is 0.729. The maximum absolute atomic E-state index is 5.65. The van der Waals surface area contributed by atoms with Gasteiger partial charge in [0.2, 0.25) is 0 Å². The predicted octanol–water partition coefficient (Wildman–Crippen LogP) is 2.16. The predicted molar refractivity (Wildman–Crippen MR) is 51.5 cm³/mol. The molecule has 0 amide bonds. The van der Waals surface area contributed by atoms with Crippen LogP contribution >= 0.6 is 11.3 Å². The van der Waals surface area contributed by atoms with Gasteiger partial charge in [-0.15, -0.1) is 11.3 Å². The normalized spacial score (nSPS) is 11.0. The Labute approximate surface area is 70.8 Å². The third-order valence-electron chi connectivity index (χ3n) is 1.31. The molecule has 11 heavy (non-hydrogen) atoms. The second kappa shape index (κ2) is 4.13. The van der Waals surface area contributed by atoms with Crippen LogP contribution in [-0.4, -0.2) is 12.8 Å². The van der Waals surface area contributed by atoms with E-state index in [1.54, 1.807) is 11.3 Å². The van der Waals surface area contributed by atoms with Gasteiger partial charge in [-0.25, -0.2) is 0 Å². The van der Waals surface area contributed by atoms with Gasteiger partial charge >= 0.3 is 0 Å². The molecule has 0 saturated heterocycles. The van der Waals surface area contributed by atoms with Gasteiger partial charge in [-0.1, -0.05) is 6.92 Å². The second-order valence-electron chi connectivity index (χ2n) is 2.28. The van der Waals surface area contributed by atoms with Gasteiger partial charge in [-0.05, 0) is 17.9 Å². The number of hydrogen-bond acceptors (Lipinski definition) is 3. The van der Waals surface area contributed by atoms with Gasteiger partial charge in [0.25, 0.3) is 0 Å². The Morgan fingerprint density at radius 2 is 2.55 bits per heavy atom. The zero-order chi connectivity index (χ0) is 8.10. The van der Waals surface area contributed by atoms with E-state index in [0.717, 1.165) is 23.5 Å². The molecular weight excluding hydrogens is 156 g/mol. The van der Waals surface area contributed by atoms with Gasteiger partial charge in [0, 0.05) is 18.3 Å². The molecule has 0 bridgehead atoms. The highest BCUT2D eigenvalue weighted by atomic mass is 32.1. The third kappa shape index (κ3) is 2.35. The number of nitrogens with zero attached hydrogens (tertiary/aromatic N) is 1. The van der Waals surface area contributed by atoms with Crippen molar-refractivity contribution in [2.45, 2.75) is 13.3 Å². The molecular formula is C8H12N2S. The van der Waals surface area contributed by atoms with E-state index < -0.39 is 0 Å². The lowest BCUT2D eigenvalue weighted by Crippen LogP contribution is -1.86. The summed E-state index contributed by atoms with van der Waals surface area (Å²) in [5, 5.41) is 2.83. The summed E-state index contributed by atoms with van der Waals surface area (Å²) < 4.78 is 0. The number of nitrogen functional groups attached to an aromatic ring is 1. The first-order valence-electron chi connectivity index (χ1n) is 3.67. The van der Waals surface area contributed by atoms with Crippen molar-refractivity contribution in [3.8, 4) is 0 Å². The minimum atomic E-state index is 0.852. The highest BCUT2D eigenvalue weighted by molar-refractivity contribution is 7.14. The van der Waals surface area contributed by atoms with Crippen molar-refractivity contribution in [2.75, 3.05) is 12.3 Å². The van der Waals surface area contributed by atoms with E-state index in [2.05, 4.69) is 11.9 Å². The molecule has 1 rings (SSSR count). The Morgan fingerprint density at radius 1 is 1.73 bits per heavy atom. The quantitative estimate of drug-likeness (QED) is 0.690. The van der Waals surface area contributed by atoms with Gasteiger partial charge in [0.1, 0.15) is 0 Å². The molecule has 0 radical (unpaired) electrons. The van der Waals surface area contributed by atoms with Gasteiger partial charge in [0.05, 0.1) is 5.00 Å². The Bertz CT molecular complexity index is 240. The van der Waals surface area contributed by atoms with E-state index >= 15 is 0 Å². The molecule has 1 aromatic rings. The molecule has 1 heterocycles. The monoisotopic (exact) mass is 168 g/mol. The molecule has 0 fully saturated rings. The molecule has 0 aliphatic rings. The van der Waals surface area contributed by atoms with Gasteiger partial charge in [0.15, 0.2) is 0 Å². The standard InChI is InChI=1S/C8H12N2S/c1-2-4-10-6-7-3-5-11-8(7)9/h3,5-6H,2,4,9H2,1H3/b10-6-. The zero-order valence-electron chi connectivity index (χ0n) is 6.58. The molecule has 0 saturated carbocycles. The van der Waals surface area contributed by atoms with E-state index in [4.69, 9.17) is 5.73 Å². The van der Waals surface area contributed by atoms with Crippen LogP contribution in [0.5, 0.6) is 0 Å². The first kappa shape index (κ1) is 8.27. The number of thiophene rings is 1. The Balaban J connectivity index is 2.56. The summed E-state index contributed by atoms with van der Waals surface area (Å²) in [4.78, 5) is 4.19. The summed E-state index contributed by atoms with van der Waals surface area (Å²) in [6.45, 7) is 2.99. The van der Waals surface area contributed by atoms with Gasteiger partial charge in [-0.3, -0.25) is 4.99 Å². The molecule has 0 atom stereocenters. The Morgan fingerprint density at radius 3 is 3.09 bits per heavy atom. The Hall–Kier alpha value is -0.830. The van der Waals surface area contributed by atoms with Crippen molar-refractivity contribution in [1.29, 1.82) is 0 Å². The summed E-state index contributed by atoms with van der Waals surface area (Å²) in [6.07, 6.45) is 2.93. The smallest absolute Gasteiger partial charge is 0.0945 e. The molecule has 2 N–H and O–H groups in total. The lowest BCUT2D eigenvalue weighted by molar-refractivity contribution is 0.937. The molecule has 60 valence electrons. The number of nitrogens with two attached hydrogens (primary N) is 1. The van der Waals surface area contributed by atoms with E-state index in [1.165, 1.54) is 0 Å². The summed E-state index contributed by atoms with van der Waals surface area (Å²) in [7, 11) is 0. The highest BCUT2D eigenvalue weighted by Gasteiger charge is 1.93. The van der Waals surface area contributed by atoms with Crippen molar-refractivity contribution in [2.24, 2.45) is 4.99 Å². The van der Waals surface area contributed by atoms with E-state index in [9.17, 15) is 0 Å². The number of anilines is 1. The molecule has 1 aromatic heterocycles. The van der Waals surface area contributed by atoms with Crippen molar-refractivity contribution in [3.63, 3.8) is 0 Å². The first-order valence-corrected chi connectivity index (χ1v) is 4.55. The fraction of sp³-hybridized carbons (Fsp3) is 0.375. The second-order valence-corrected chi connectivity index (χ2v) is 3.22.